The van der Waals surface area contributed by atoms with Crippen molar-refractivity contribution in [1.29, 1.82) is 0 Å². The Morgan fingerprint density at radius 2 is 1.67 bits per heavy atom. The molecule has 4 aliphatic rings. The molecule has 4 rings (SSSR count). The summed E-state index contributed by atoms with van der Waals surface area (Å²) in [5.74, 6) is 3.45. The van der Waals surface area contributed by atoms with Crippen LogP contribution in [-0.4, -0.2) is 8.07 Å². The number of allylic oxidation sites excluding steroid dienone is 8. The van der Waals surface area contributed by atoms with Crippen molar-refractivity contribution in [2.75, 3.05) is 0 Å². The summed E-state index contributed by atoms with van der Waals surface area (Å²) in [4.78, 5) is 0. The van der Waals surface area contributed by atoms with Gasteiger partial charge in [-0.1, -0.05) is 73.7 Å². The molecule has 0 saturated heterocycles. The molecular formula is C20H28Si. The third-order valence-corrected chi connectivity index (χ3v) is 11.4. The van der Waals surface area contributed by atoms with Crippen LogP contribution >= 0.6 is 0 Å². The summed E-state index contributed by atoms with van der Waals surface area (Å²) in [5.41, 5.74) is 0.961. The highest BCUT2D eigenvalue weighted by Crippen LogP contribution is 2.54. The average Bonchev–Trinajstić information content (AvgIpc) is 3.13. The lowest BCUT2D eigenvalue weighted by Gasteiger charge is -2.41. The van der Waals surface area contributed by atoms with Crippen LogP contribution in [0.3, 0.4) is 0 Å². The molecule has 0 aromatic rings. The van der Waals surface area contributed by atoms with Crippen LogP contribution in [-0.2, 0) is 0 Å². The van der Waals surface area contributed by atoms with Gasteiger partial charge < -0.3 is 0 Å². The van der Waals surface area contributed by atoms with Crippen LogP contribution in [0.5, 0.6) is 0 Å². The monoisotopic (exact) mass is 296 g/mol. The van der Waals surface area contributed by atoms with Crippen molar-refractivity contribution in [2.24, 2.45) is 23.7 Å². The summed E-state index contributed by atoms with van der Waals surface area (Å²) >= 11 is 0. The maximum Gasteiger partial charge on any atom is 0.0795 e. The van der Waals surface area contributed by atoms with E-state index >= 15 is 0 Å². The van der Waals surface area contributed by atoms with Gasteiger partial charge in [-0.05, 0) is 48.5 Å². The quantitative estimate of drug-likeness (QED) is 0.576. The van der Waals surface area contributed by atoms with Gasteiger partial charge in [-0.15, -0.1) is 0 Å². The van der Waals surface area contributed by atoms with E-state index in [9.17, 15) is 0 Å². The van der Waals surface area contributed by atoms with Gasteiger partial charge in [-0.2, -0.15) is 0 Å². The number of hydrogen-bond donors (Lipinski definition) is 0. The minimum atomic E-state index is -1.34. The molecule has 0 heterocycles. The predicted octanol–water partition coefficient (Wildman–Crippen LogP) is 5.67. The largest absolute Gasteiger partial charge is 0.0809 e. The van der Waals surface area contributed by atoms with E-state index in [2.05, 4.69) is 55.6 Å². The molecular weight excluding hydrogens is 268 g/mol. The summed E-state index contributed by atoms with van der Waals surface area (Å²) in [6, 6.07) is 0. The zero-order valence-corrected chi connectivity index (χ0v) is 14.5. The van der Waals surface area contributed by atoms with Crippen molar-refractivity contribution >= 4 is 8.07 Å². The molecule has 21 heavy (non-hydrogen) atoms. The second-order valence-corrected chi connectivity index (χ2v) is 12.9. The van der Waals surface area contributed by atoms with Crippen LogP contribution in [0.25, 0.3) is 0 Å². The molecule has 0 N–H and O–H groups in total. The Kier molecular flexibility index (Phi) is 3.37. The summed E-state index contributed by atoms with van der Waals surface area (Å²) in [7, 11) is -1.34. The van der Waals surface area contributed by atoms with E-state index in [1.807, 2.05) is 5.20 Å². The highest BCUT2D eigenvalue weighted by Gasteiger charge is 2.48. The van der Waals surface area contributed by atoms with Gasteiger partial charge in [0.05, 0.1) is 8.07 Å². The minimum absolute atomic E-state index is 0.836. The van der Waals surface area contributed by atoms with Crippen LogP contribution in [0.2, 0.25) is 18.6 Å². The minimum Gasteiger partial charge on any atom is -0.0809 e. The molecule has 0 amide bonds. The Balaban J connectivity index is 1.64. The number of fused-ring (bicyclic) bond motifs is 2. The van der Waals surface area contributed by atoms with E-state index in [1.54, 1.807) is 0 Å². The first-order valence-corrected chi connectivity index (χ1v) is 12.0. The Morgan fingerprint density at radius 3 is 2.57 bits per heavy atom. The summed E-state index contributed by atoms with van der Waals surface area (Å²) in [5, 5.41) is 1.90. The van der Waals surface area contributed by atoms with Gasteiger partial charge >= 0.3 is 0 Å². The van der Waals surface area contributed by atoms with E-state index in [1.165, 1.54) is 32.1 Å². The third kappa shape index (κ3) is 2.16. The fraction of sp³-hybridized carbons (Fsp3) is 0.600. The first kappa shape index (κ1) is 13.8. The maximum atomic E-state index is 2.67. The van der Waals surface area contributed by atoms with Gasteiger partial charge in [0.1, 0.15) is 0 Å². The first-order chi connectivity index (χ1) is 10.2. The highest BCUT2D eigenvalue weighted by molar-refractivity contribution is 6.85. The van der Waals surface area contributed by atoms with Crippen molar-refractivity contribution in [1.82, 2.24) is 0 Å². The van der Waals surface area contributed by atoms with E-state index in [0.717, 1.165) is 29.2 Å². The molecule has 0 nitrogen and oxygen atoms in total. The normalized spacial score (nSPS) is 41.0. The Bertz CT molecular complexity index is 534. The van der Waals surface area contributed by atoms with Crippen molar-refractivity contribution in [3.05, 3.63) is 47.7 Å². The molecule has 2 fully saturated rings. The van der Waals surface area contributed by atoms with E-state index < -0.39 is 8.07 Å². The summed E-state index contributed by atoms with van der Waals surface area (Å²) in [6.45, 7) is 5.35. The Hall–Kier alpha value is -0.823. The Labute approximate surface area is 130 Å². The van der Waals surface area contributed by atoms with Crippen LogP contribution < -0.4 is 0 Å². The molecule has 2 saturated carbocycles. The standard InChI is InChI=1S/C20H28Si/c1-21(2,19-12-6-9-15-8-5-11-18(15)19)20-14-13-16-7-3-4-10-17(16)20/h3-4,6-7,9-10,12,15-18,20H,5,8,11,13-14H2,1-2H3/t15?,16?,17?,18?,20-/m0/s1. The molecule has 1 heteroatoms. The topological polar surface area (TPSA) is 0 Å². The van der Waals surface area contributed by atoms with Gasteiger partial charge in [0.15, 0.2) is 0 Å². The van der Waals surface area contributed by atoms with Gasteiger partial charge in [-0.3, -0.25) is 0 Å². The van der Waals surface area contributed by atoms with Gasteiger partial charge in [-0.25, -0.2) is 0 Å². The molecule has 0 aromatic heterocycles. The summed E-state index contributed by atoms with van der Waals surface area (Å²) < 4.78 is 0. The molecule has 5 atom stereocenters. The highest BCUT2D eigenvalue weighted by atomic mass is 28.3. The fourth-order valence-corrected chi connectivity index (χ4v) is 10.2. The fourth-order valence-electron chi connectivity index (χ4n) is 5.74. The maximum absolute atomic E-state index is 2.67. The zero-order chi connectivity index (χ0) is 14.4. The molecule has 0 aliphatic heterocycles. The number of rotatable bonds is 2. The zero-order valence-electron chi connectivity index (χ0n) is 13.5. The van der Waals surface area contributed by atoms with Crippen molar-refractivity contribution < 1.29 is 0 Å². The molecule has 0 bridgehead atoms. The van der Waals surface area contributed by atoms with E-state index in [-0.39, 0.29) is 0 Å². The van der Waals surface area contributed by atoms with Crippen molar-refractivity contribution in [2.45, 2.75) is 50.7 Å². The third-order valence-electron chi connectivity index (χ3n) is 6.85. The van der Waals surface area contributed by atoms with Crippen molar-refractivity contribution in [3.63, 3.8) is 0 Å². The van der Waals surface area contributed by atoms with Crippen LogP contribution in [0, 0.1) is 23.7 Å². The Morgan fingerprint density at radius 1 is 0.857 bits per heavy atom. The van der Waals surface area contributed by atoms with Gasteiger partial charge in [0.25, 0.3) is 0 Å². The van der Waals surface area contributed by atoms with Crippen LogP contribution in [0.4, 0.5) is 0 Å². The summed E-state index contributed by atoms with van der Waals surface area (Å²) in [6.07, 6.45) is 24.2. The smallest absolute Gasteiger partial charge is 0.0795 e. The van der Waals surface area contributed by atoms with Gasteiger partial charge in [0, 0.05) is 0 Å². The second-order valence-electron chi connectivity index (χ2n) is 8.12. The second kappa shape index (κ2) is 5.12. The van der Waals surface area contributed by atoms with E-state index in [4.69, 9.17) is 0 Å². The lowest BCUT2D eigenvalue weighted by molar-refractivity contribution is 0.523. The molecule has 0 spiro atoms. The molecule has 0 radical (unpaired) electrons. The average molecular weight is 297 g/mol. The first-order valence-electron chi connectivity index (χ1n) is 8.92. The molecule has 0 aromatic carbocycles. The lowest BCUT2D eigenvalue weighted by Crippen LogP contribution is -2.41. The van der Waals surface area contributed by atoms with Gasteiger partial charge in [0.2, 0.25) is 0 Å². The van der Waals surface area contributed by atoms with Crippen molar-refractivity contribution in [3.8, 4) is 0 Å². The predicted molar refractivity (Wildman–Crippen MR) is 93.8 cm³/mol. The number of hydrogen-bond acceptors (Lipinski definition) is 0. The molecule has 4 unspecified atom stereocenters. The molecule has 4 aliphatic carbocycles. The SMILES string of the molecule is C[Si](C)(C1=CC=CC2CCCC12)[C@H]1CCC2C=CC=CC21. The van der Waals surface area contributed by atoms with E-state index in [0.29, 0.717) is 0 Å². The lowest BCUT2D eigenvalue weighted by atomic mass is 9.91. The van der Waals surface area contributed by atoms with Crippen LogP contribution in [0.1, 0.15) is 32.1 Å². The van der Waals surface area contributed by atoms with Crippen LogP contribution in [0.15, 0.2) is 47.7 Å². The molecule has 112 valence electrons.